The topological polar surface area (TPSA) is 60.4 Å². The molecule has 32 heavy (non-hydrogen) atoms. The molecule has 1 aliphatic rings. The van der Waals surface area contributed by atoms with Gasteiger partial charge in [0, 0.05) is 10.6 Å². The third-order valence-corrected chi connectivity index (χ3v) is 9.80. The van der Waals surface area contributed by atoms with Crippen LogP contribution in [0.1, 0.15) is 38.2 Å². The molecule has 0 atom stereocenters. The number of sulfone groups is 1. The van der Waals surface area contributed by atoms with Crippen LogP contribution >= 0.6 is 23.4 Å². The van der Waals surface area contributed by atoms with E-state index in [0.29, 0.717) is 30.2 Å². The van der Waals surface area contributed by atoms with Gasteiger partial charge < -0.3 is 4.74 Å². The Bertz CT molecular complexity index is 1050. The van der Waals surface area contributed by atoms with E-state index in [1.807, 2.05) is 0 Å². The summed E-state index contributed by atoms with van der Waals surface area (Å²) >= 11 is 7.36. The zero-order valence-electron chi connectivity index (χ0n) is 17.7. The molecule has 9 heteroatoms. The highest BCUT2D eigenvalue weighted by molar-refractivity contribution is 7.99. The van der Waals surface area contributed by atoms with Gasteiger partial charge in [-0.25, -0.2) is 17.2 Å². The second-order valence-corrected chi connectivity index (χ2v) is 11.6. The summed E-state index contributed by atoms with van der Waals surface area (Å²) in [4.78, 5) is 11.6. The molecule has 0 bridgehead atoms. The molecular formula is C23H25ClF2O4S2. The minimum Gasteiger partial charge on any atom is -0.465 e. The number of hydrogen-bond donors (Lipinski definition) is 0. The lowest BCUT2D eigenvalue weighted by Crippen LogP contribution is -2.41. The van der Waals surface area contributed by atoms with Gasteiger partial charge in [-0.15, -0.1) is 11.8 Å². The van der Waals surface area contributed by atoms with E-state index in [9.17, 15) is 22.0 Å². The zero-order chi connectivity index (χ0) is 23.4. The molecule has 174 valence electrons. The van der Waals surface area contributed by atoms with E-state index in [4.69, 9.17) is 16.3 Å². The number of hydrogen-bond acceptors (Lipinski definition) is 5. The van der Waals surface area contributed by atoms with E-state index in [0.717, 1.165) is 18.2 Å². The molecule has 1 aliphatic carbocycles. The molecule has 0 aliphatic heterocycles. The van der Waals surface area contributed by atoms with Crippen LogP contribution in [0.2, 0.25) is 5.02 Å². The van der Waals surface area contributed by atoms with Gasteiger partial charge in [-0.05, 0) is 86.7 Å². The molecule has 0 radical (unpaired) electrons. The summed E-state index contributed by atoms with van der Waals surface area (Å²) in [5.41, 5.74) is -0.134. The van der Waals surface area contributed by atoms with Crippen molar-refractivity contribution in [2.75, 3.05) is 18.1 Å². The second-order valence-electron chi connectivity index (χ2n) is 7.84. The lowest BCUT2D eigenvalue weighted by atomic mass is 9.78. The summed E-state index contributed by atoms with van der Waals surface area (Å²) in [5, 5.41) is 0.386. The van der Waals surface area contributed by atoms with Gasteiger partial charge in [-0.2, -0.15) is 0 Å². The minimum absolute atomic E-state index is 0.0284. The maximum Gasteiger partial charge on any atom is 0.315 e. The van der Waals surface area contributed by atoms with Crippen LogP contribution in [-0.2, 0) is 24.1 Å². The molecular weight excluding hydrogens is 478 g/mol. The van der Waals surface area contributed by atoms with Crippen molar-refractivity contribution in [2.45, 2.75) is 42.2 Å². The normalized spacial score (nSPS) is 21.3. The third kappa shape index (κ3) is 5.29. The quantitative estimate of drug-likeness (QED) is 0.428. The molecule has 0 aromatic heterocycles. The zero-order valence-corrected chi connectivity index (χ0v) is 20.0. The molecule has 4 nitrogen and oxygen atoms in total. The van der Waals surface area contributed by atoms with Crippen LogP contribution in [0.5, 0.6) is 0 Å². The van der Waals surface area contributed by atoms with Crippen molar-refractivity contribution in [3.8, 4) is 0 Å². The second kappa shape index (κ2) is 10.5. The third-order valence-electron chi connectivity index (χ3n) is 5.85. The maximum absolute atomic E-state index is 14.9. The number of carbonyl (C=O) groups is 1. The van der Waals surface area contributed by atoms with Crippen molar-refractivity contribution in [3.05, 3.63) is 64.7 Å². The summed E-state index contributed by atoms with van der Waals surface area (Å²) in [7, 11) is -4.04. The molecule has 0 heterocycles. The monoisotopic (exact) mass is 502 g/mol. The average Bonchev–Trinajstić information content (AvgIpc) is 2.76. The van der Waals surface area contributed by atoms with Crippen LogP contribution in [0.15, 0.2) is 47.4 Å². The Hall–Kier alpha value is -1.64. The first-order valence-electron chi connectivity index (χ1n) is 10.4. The fourth-order valence-corrected chi connectivity index (χ4v) is 7.52. The van der Waals surface area contributed by atoms with Gasteiger partial charge in [0.25, 0.3) is 0 Å². The fraction of sp³-hybridized carbons (Fsp3) is 0.435. The summed E-state index contributed by atoms with van der Waals surface area (Å²) < 4.78 is 59.8. The fourth-order valence-electron chi connectivity index (χ4n) is 4.19. The Morgan fingerprint density at radius 2 is 1.81 bits per heavy atom. The van der Waals surface area contributed by atoms with Gasteiger partial charge in [0.15, 0.2) is 9.84 Å². The molecule has 0 unspecified atom stereocenters. The molecule has 1 fully saturated rings. The van der Waals surface area contributed by atoms with Crippen molar-refractivity contribution in [2.24, 2.45) is 5.92 Å². The predicted molar refractivity (Wildman–Crippen MR) is 123 cm³/mol. The Balaban J connectivity index is 1.88. The van der Waals surface area contributed by atoms with Gasteiger partial charge >= 0.3 is 5.97 Å². The van der Waals surface area contributed by atoms with Gasteiger partial charge in [-0.1, -0.05) is 11.6 Å². The van der Waals surface area contributed by atoms with Crippen LogP contribution < -0.4 is 0 Å². The molecule has 0 spiro atoms. The number of ether oxygens (including phenoxy) is 1. The van der Waals surface area contributed by atoms with Crippen LogP contribution in [0, 0.1) is 17.6 Å². The summed E-state index contributed by atoms with van der Waals surface area (Å²) in [6, 6.07) is 8.71. The van der Waals surface area contributed by atoms with Gasteiger partial charge in [-0.3, -0.25) is 4.79 Å². The largest absolute Gasteiger partial charge is 0.465 e. The van der Waals surface area contributed by atoms with E-state index in [2.05, 4.69) is 0 Å². The predicted octanol–water partition coefficient (Wildman–Crippen LogP) is 5.77. The van der Waals surface area contributed by atoms with Gasteiger partial charge in [0.2, 0.25) is 0 Å². The highest BCUT2D eigenvalue weighted by Gasteiger charge is 2.50. The number of carbonyl (C=O) groups excluding carboxylic acids is 1. The Kier molecular flexibility index (Phi) is 8.22. The summed E-state index contributed by atoms with van der Waals surface area (Å²) in [6.07, 6.45) is 1.34. The lowest BCUT2D eigenvalue weighted by molar-refractivity contribution is -0.139. The molecule has 0 amide bonds. The van der Waals surface area contributed by atoms with Gasteiger partial charge in [0.1, 0.15) is 16.4 Å². The standard InChI is InChI=1S/C23H25ClF2O4S2/c1-2-30-22(27)15-31-14-16-9-11-23(12-10-16,20-13-18(25)5-8-21(20)26)32(28,29)19-6-3-17(24)4-7-19/h3-8,13,16H,2,9-12,14-15H2,1H3. The van der Waals surface area contributed by atoms with Crippen LogP contribution in [0.4, 0.5) is 8.78 Å². The van der Waals surface area contributed by atoms with Crippen molar-refractivity contribution in [1.82, 2.24) is 0 Å². The van der Waals surface area contributed by atoms with Gasteiger partial charge in [0.05, 0.1) is 17.3 Å². The van der Waals surface area contributed by atoms with Crippen LogP contribution in [0.3, 0.4) is 0 Å². The SMILES string of the molecule is CCOC(=O)CSCC1CCC(c2cc(F)ccc2F)(S(=O)(=O)c2ccc(Cl)cc2)CC1. The summed E-state index contributed by atoms with van der Waals surface area (Å²) in [6.45, 7) is 2.07. The molecule has 0 N–H and O–H groups in total. The van der Waals surface area contributed by atoms with Crippen molar-refractivity contribution >= 4 is 39.2 Å². The van der Waals surface area contributed by atoms with Crippen LogP contribution in [-0.4, -0.2) is 32.5 Å². The van der Waals surface area contributed by atoms with E-state index >= 15 is 0 Å². The molecule has 2 aromatic carbocycles. The van der Waals surface area contributed by atoms with E-state index in [1.54, 1.807) is 6.92 Å². The Morgan fingerprint density at radius 1 is 1.16 bits per heavy atom. The number of rotatable bonds is 8. The first-order chi connectivity index (χ1) is 15.2. The van der Waals surface area contributed by atoms with Crippen LogP contribution in [0.25, 0.3) is 0 Å². The maximum atomic E-state index is 14.9. The van der Waals surface area contributed by atoms with E-state index in [-0.39, 0.29) is 40.9 Å². The number of halogens is 3. The lowest BCUT2D eigenvalue weighted by Gasteiger charge is -2.40. The first-order valence-corrected chi connectivity index (χ1v) is 13.4. The number of esters is 1. The highest BCUT2D eigenvalue weighted by atomic mass is 35.5. The molecule has 3 rings (SSSR count). The average molecular weight is 503 g/mol. The minimum atomic E-state index is -4.04. The number of benzene rings is 2. The smallest absolute Gasteiger partial charge is 0.315 e. The first kappa shape index (κ1) is 25.0. The Labute approximate surface area is 196 Å². The highest BCUT2D eigenvalue weighted by Crippen LogP contribution is 2.49. The molecule has 0 saturated heterocycles. The summed E-state index contributed by atoms with van der Waals surface area (Å²) in [5.74, 6) is -0.633. The van der Waals surface area contributed by atoms with E-state index in [1.165, 1.54) is 36.0 Å². The van der Waals surface area contributed by atoms with Crippen molar-refractivity contribution in [3.63, 3.8) is 0 Å². The van der Waals surface area contributed by atoms with Crippen molar-refractivity contribution in [1.29, 1.82) is 0 Å². The molecule has 2 aromatic rings. The van der Waals surface area contributed by atoms with Crippen molar-refractivity contribution < 1.29 is 26.7 Å². The number of thioether (sulfide) groups is 1. The van der Waals surface area contributed by atoms with E-state index < -0.39 is 26.2 Å². The Morgan fingerprint density at radius 3 is 2.44 bits per heavy atom. The molecule has 1 saturated carbocycles.